The zero-order chi connectivity index (χ0) is 15.0. The Hall–Kier alpha value is -1.64. The van der Waals surface area contributed by atoms with Crippen LogP contribution in [0.2, 0.25) is 0 Å². The highest BCUT2D eigenvalue weighted by Gasteiger charge is 2.18. The first-order valence-corrected chi connectivity index (χ1v) is 8.94. The molecule has 0 unspecified atom stereocenters. The molecule has 3 rings (SSSR count). The maximum atomic E-state index is 11.4. The lowest BCUT2D eigenvalue weighted by atomic mass is 10.0. The number of rotatable bonds is 3. The van der Waals surface area contributed by atoms with E-state index in [2.05, 4.69) is 21.7 Å². The standard InChI is InChI=1S/C13H16N4O2S2/c1-8-12(21(14,18)19)20-13(16-8)17-10-4-5-11-9(7-10)3-2-6-15-11/h4-5,7,15H,2-3,6H2,1H3,(H,16,17)(H2,14,18,19). The van der Waals surface area contributed by atoms with Crippen molar-refractivity contribution in [2.75, 3.05) is 17.2 Å². The van der Waals surface area contributed by atoms with Crippen LogP contribution >= 0.6 is 11.3 Å². The van der Waals surface area contributed by atoms with Crippen LogP contribution in [0.25, 0.3) is 0 Å². The number of benzene rings is 1. The first-order chi connectivity index (χ1) is 9.93. The van der Waals surface area contributed by atoms with Gasteiger partial charge in [0.05, 0.1) is 5.69 Å². The molecule has 0 saturated carbocycles. The molecule has 0 bridgehead atoms. The summed E-state index contributed by atoms with van der Waals surface area (Å²) in [5.41, 5.74) is 3.73. The summed E-state index contributed by atoms with van der Waals surface area (Å²) < 4.78 is 22.9. The average Bonchev–Trinajstić information content (AvgIpc) is 2.79. The number of aromatic nitrogens is 1. The smallest absolute Gasteiger partial charge is 0.249 e. The van der Waals surface area contributed by atoms with Gasteiger partial charge in [-0.15, -0.1) is 0 Å². The molecule has 0 atom stereocenters. The molecule has 0 fully saturated rings. The molecule has 2 heterocycles. The van der Waals surface area contributed by atoms with Crippen molar-refractivity contribution in [2.24, 2.45) is 5.14 Å². The largest absolute Gasteiger partial charge is 0.385 e. The van der Waals surface area contributed by atoms with Gasteiger partial charge in [-0.3, -0.25) is 0 Å². The summed E-state index contributed by atoms with van der Waals surface area (Å²) in [5, 5.41) is 12.2. The molecule has 8 heteroatoms. The molecule has 4 N–H and O–H groups in total. The molecule has 1 aliphatic heterocycles. The van der Waals surface area contributed by atoms with E-state index in [1.807, 2.05) is 12.1 Å². The van der Waals surface area contributed by atoms with Crippen molar-refractivity contribution in [3.8, 4) is 0 Å². The quantitative estimate of drug-likeness (QED) is 0.804. The Morgan fingerprint density at radius 1 is 1.43 bits per heavy atom. The van der Waals surface area contributed by atoms with Crippen LogP contribution in [0.4, 0.5) is 16.5 Å². The molecular weight excluding hydrogens is 308 g/mol. The third kappa shape index (κ3) is 3.02. The number of nitrogens with one attached hydrogen (secondary N) is 2. The van der Waals surface area contributed by atoms with Gasteiger partial charge in [-0.25, -0.2) is 18.5 Å². The third-order valence-corrected chi connectivity index (χ3v) is 5.93. The van der Waals surface area contributed by atoms with Crippen molar-refractivity contribution >= 4 is 37.9 Å². The summed E-state index contributed by atoms with van der Waals surface area (Å²) in [7, 11) is -3.71. The molecule has 0 aliphatic carbocycles. The molecule has 0 amide bonds. The number of sulfonamides is 1. The van der Waals surface area contributed by atoms with Crippen molar-refractivity contribution in [2.45, 2.75) is 24.0 Å². The highest BCUT2D eigenvalue weighted by atomic mass is 32.2. The van der Waals surface area contributed by atoms with Gasteiger partial charge in [0.2, 0.25) is 10.0 Å². The molecule has 2 aromatic rings. The molecule has 0 radical (unpaired) electrons. The van der Waals surface area contributed by atoms with Crippen LogP contribution in [0.1, 0.15) is 17.7 Å². The van der Waals surface area contributed by atoms with Crippen LogP contribution in [-0.2, 0) is 16.4 Å². The predicted octanol–water partition coefficient (Wildman–Crippen LogP) is 2.20. The van der Waals surface area contributed by atoms with Crippen LogP contribution in [0.3, 0.4) is 0 Å². The van der Waals surface area contributed by atoms with E-state index in [9.17, 15) is 8.42 Å². The highest BCUT2D eigenvalue weighted by Crippen LogP contribution is 2.31. The first-order valence-electron chi connectivity index (χ1n) is 6.57. The number of hydrogen-bond donors (Lipinski definition) is 3. The van der Waals surface area contributed by atoms with Crippen molar-refractivity contribution in [3.05, 3.63) is 29.5 Å². The van der Waals surface area contributed by atoms with E-state index in [0.29, 0.717) is 10.8 Å². The monoisotopic (exact) mass is 324 g/mol. The lowest BCUT2D eigenvalue weighted by molar-refractivity contribution is 0.599. The minimum absolute atomic E-state index is 0.102. The number of nitrogens with zero attached hydrogens (tertiary/aromatic N) is 1. The fourth-order valence-electron chi connectivity index (χ4n) is 2.38. The molecule has 112 valence electrons. The number of aryl methyl sites for hydroxylation is 2. The number of fused-ring (bicyclic) bond motifs is 1. The number of anilines is 3. The summed E-state index contributed by atoms with van der Waals surface area (Å²) in [6.07, 6.45) is 2.15. The van der Waals surface area contributed by atoms with E-state index < -0.39 is 10.0 Å². The summed E-state index contributed by atoms with van der Waals surface area (Å²) in [6.45, 7) is 2.64. The Morgan fingerprint density at radius 3 is 2.95 bits per heavy atom. The second kappa shape index (κ2) is 5.28. The molecular formula is C13H16N4O2S2. The van der Waals surface area contributed by atoms with Gasteiger partial charge in [0.25, 0.3) is 0 Å². The van der Waals surface area contributed by atoms with Crippen molar-refractivity contribution < 1.29 is 8.42 Å². The van der Waals surface area contributed by atoms with Crippen molar-refractivity contribution in [3.63, 3.8) is 0 Å². The summed E-state index contributed by atoms with van der Waals surface area (Å²) >= 11 is 1.05. The molecule has 0 saturated heterocycles. The SMILES string of the molecule is Cc1nc(Nc2ccc3c(c2)CCCN3)sc1S(N)(=O)=O. The fraction of sp³-hybridized carbons (Fsp3) is 0.308. The molecule has 1 aliphatic rings. The minimum atomic E-state index is -3.71. The third-order valence-electron chi connectivity index (χ3n) is 3.31. The van der Waals surface area contributed by atoms with Crippen molar-refractivity contribution in [1.82, 2.24) is 4.98 Å². The molecule has 1 aromatic heterocycles. The van der Waals surface area contributed by atoms with E-state index in [0.717, 1.165) is 42.1 Å². The van der Waals surface area contributed by atoms with Crippen LogP contribution in [0.5, 0.6) is 0 Å². The molecule has 1 aromatic carbocycles. The van der Waals surface area contributed by atoms with Gasteiger partial charge in [0.15, 0.2) is 9.34 Å². The van der Waals surface area contributed by atoms with Crippen LogP contribution in [0, 0.1) is 6.92 Å². The van der Waals surface area contributed by atoms with Gasteiger partial charge < -0.3 is 10.6 Å². The fourth-order valence-corrected chi connectivity index (χ4v) is 4.26. The second-order valence-corrected chi connectivity index (χ2v) is 7.72. The number of thiazole rings is 1. The number of primary sulfonamides is 1. The predicted molar refractivity (Wildman–Crippen MR) is 84.8 cm³/mol. The maximum Gasteiger partial charge on any atom is 0.249 e. The Labute approximate surface area is 127 Å². The topological polar surface area (TPSA) is 97.1 Å². The Morgan fingerprint density at radius 2 is 2.24 bits per heavy atom. The van der Waals surface area contributed by atoms with E-state index >= 15 is 0 Å². The summed E-state index contributed by atoms with van der Waals surface area (Å²) in [6, 6.07) is 6.04. The lowest BCUT2D eigenvalue weighted by Gasteiger charge is -2.18. The van der Waals surface area contributed by atoms with E-state index in [-0.39, 0.29) is 4.21 Å². The second-order valence-electron chi connectivity index (χ2n) is 4.96. The van der Waals surface area contributed by atoms with Gasteiger partial charge >= 0.3 is 0 Å². The Balaban J connectivity index is 1.87. The first kappa shape index (κ1) is 14.3. The van der Waals surface area contributed by atoms with E-state index in [1.165, 1.54) is 5.56 Å². The van der Waals surface area contributed by atoms with E-state index in [4.69, 9.17) is 5.14 Å². The lowest BCUT2D eigenvalue weighted by Crippen LogP contribution is -2.11. The zero-order valence-corrected chi connectivity index (χ0v) is 13.1. The molecule has 6 nitrogen and oxygen atoms in total. The minimum Gasteiger partial charge on any atom is -0.385 e. The molecule has 0 spiro atoms. The summed E-state index contributed by atoms with van der Waals surface area (Å²) in [5.74, 6) is 0. The average molecular weight is 324 g/mol. The van der Waals surface area contributed by atoms with Gasteiger partial charge in [-0.1, -0.05) is 11.3 Å². The zero-order valence-electron chi connectivity index (χ0n) is 11.5. The highest BCUT2D eigenvalue weighted by molar-refractivity contribution is 7.91. The Kier molecular flexibility index (Phi) is 3.60. The number of hydrogen-bond acceptors (Lipinski definition) is 6. The van der Waals surface area contributed by atoms with Crippen LogP contribution in [0.15, 0.2) is 22.4 Å². The van der Waals surface area contributed by atoms with Crippen LogP contribution < -0.4 is 15.8 Å². The van der Waals surface area contributed by atoms with Gasteiger partial charge in [-0.2, -0.15) is 0 Å². The maximum absolute atomic E-state index is 11.4. The van der Waals surface area contributed by atoms with Gasteiger partial charge in [0.1, 0.15) is 0 Å². The summed E-state index contributed by atoms with van der Waals surface area (Å²) in [4.78, 5) is 4.22. The number of nitrogens with two attached hydrogens (primary N) is 1. The Bertz CT molecular complexity index is 783. The normalized spacial score (nSPS) is 14.4. The van der Waals surface area contributed by atoms with E-state index in [1.54, 1.807) is 6.92 Å². The van der Waals surface area contributed by atoms with Gasteiger partial charge in [-0.05, 0) is 43.5 Å². The van der Waals surface area contributed by atoms with Crippen molar-refractivity contribution in [1.29, 1.82) is 0 Å². The van der Waals surface area contributed by atoms with Crippen LogP contribution in [-0.4, -0.2) is 19.9 Å². The van der Waals surface area contributed by atoms with Gasteiger partial charge in [0, 0.05) is 17.9 Å². The molecule has 21 heavy (non-hydrogen) atoms.